The number of nitrogens with one attached hydrogen (secondary N) is 2. The number of imidazole rings is 1. The van der Waals surface area contributed by atoms with Gasteiger partial charge >= 0.3 is 0 Å². The van der Waals surface area contributed by atoms with Gasteiger partial charge in [-0.05, 0) is 47.0 Å². The van der Waals surface area contributed by atoms with Gasteiger partial charge in [-0.3, -0.25) is 24.5 Å². The molecule has 0 saturated carbocycles. The third kappa shape index (κ3) is 7.60. The van der Waals surface area contributed by atoms with Gasteiger partial charge in [-0.15, -0.1) is 6.61 Å². The van der Waals surface area contributed by atoms with Crippen molar-refractivity contribution in [2.75, 3.05) is 25.1 Å². The highest BCUT2D eigenvalue weighted by Gasteiger charge is 2.42. The highest BCUT2D eigenvalue weighted by molar-refractivity contribution is 7.44. The number of carbonyl (C=O) groups is 1. The van der Waals surface area contributed by atoms with E-state index >= 15 is 0 Å². The molecule has 1 saturated heterocycles. The van der Waals surface area contributed by atoms with Gasteiger partial charge in [0.25, 0.3) is 14.1 Å². The average Bonchev–Trinajstić information content (AvgIpc) is 3.47. The van der Waals surface area contributed by atoms with Gasteiger partial charge in [0.1, 0.15) is 6.23 Å². The third-order valence-corrected chi connectivity index (χ3v) is 8.45. The van der Waals surface area contributed by atoms with Gasteiger partial charge in [-0.25, -0.2) is 9.65 Å². The maximum Gasteiger partial charge on any atom is 0.280 e. The standard InChI is InChI=1S/C25H39N7O6P/c1-16(2)22(34)29-24-28-21-20(23(35)30-24)27-15-31(21)19-8-9-25(38-19,10-12-33)14-37-39(36-13-7-11-26)32(17(3)4)18(5)6/h15-19H,7-10,12-14H2,1-6H3,(H2,28,29,30,34,35)/q-1/t19?,25-,39?/m1/s1. The second kappa shape index (κ2) is 13.7. The van der Waals surface area contributed by atoms with E-state index in [0.717, 1.165) is 0 Å². The van der Waals surface area contributed by atoms with Crippen LogP contribution in [0.25, 0.3) is 11.2 Å². The Hall–Kier alpha value is -2.46. The maximum atomic E-state index is 12.6. The quantitative estimate of drug-likeness (QED) is 0.257. The van der Waals surface area contributed by atoms with Crippen LogP contribution in [-0.4, -0.2) is 67.6 Å². The van der Waals surface area contributed by atoms with Crippen molar-refractivity contribution < 1.29 is 23.7 Å². The van der Waals surface area contributed by atoms with E-state index < -0.39 is 25.9 Å². The predicted octanol–water partition coefficient (Wildman–Crippen LogP) is 2.80. The first-order valence-electron chi connectivity index (χ1n) is 13.3. The number of fused-ring (bicyclic) bond motifs is 1. The highest BCUT2D eigenvalue weighted by atomic mass is 31.2. The Morgan fingerprint density at radius 3 is 2.69 bits per heavy atom. The lowest BCUT2D eigenvalue weighted by Gasteiger charge is -2.38. The average molecular weight is 565 g/mol. The van der Waals surface area contributed by atoms with Crippen LogP contribution < -0.4 is 16.0 Å². The van der Waals surface area contributed by atoms with Crippen LogP contribution in [0.2, 0.25) is 0 Å². The maximum absolute atomic E-state index is 12.6. The minimum atomic E-state index is -1.50. The molecule has 3 atom stereocenters. The molecule has 14 heteroatoms. The Morgan fingerprint density at radius 2 is 2.08 bits per heavy atom. The molecule has 1 fully saturated rings. The number of anilines is 1. The van der Waals surface area contributed by atoms with Crippen LogP contribution in [0, 0.1) is 17.2 Å². The molecule has 0 aromatic carbocycles. The topological polar surface area (TPSA) is 170 Å². The van der Waals surface area contributed by atoms with E-state index in [0.29, 0.717) is 12.8 Å². The normalized spacial score (nSPS) is 20.4. The van der Waals surface area contributed by atoms with Gasteiger partial charge < -0.3 is 18.9 Å². The Labute approximate surface area is 229 Å². The summed E-state index contributed by atoms with van der Waals surface area (Å²) in [4.78, 5) is 35.9. The number of H-pyrrole nitrogens is 1. The summed E-state index contributed by atoms with van der Waals surface area (Å²) in [6.45, 7) is 11.7. The lowest BCUT2D eigenvalue weighted by atomic mass is 9.97. The number of rotatable bonds is 14. The SMILES string of the molecule is CC(C)C(=O)Nc1nc2c(ncn2C2CC[C@@](CC[O-])(COP(OCCC#N)N(C(C)C)C(C)C)O2)c(=O)[nH]1. The molecule has 0 aliphatic carbocycles. The van der Waals surface area contributed by atoms with Crippen LogP contribution in [0.1, 0.15) is 73.5 Å². The summed E-state index contributed by atoms with van der Waals surface area (Å²) in [5.74, 6) is -0.543. The molecule has 2 aromatic heterocycles. The number of aromatic amines is 1. The summed E-state index contributed by atoms with van der Waals surface area (Å²) in [7, 11) is -1.50. The van der Waals surface area contributed by atoms with Crippen LogP contribution in [0.4, 0.5) is 5.95 Å². The van der Waals surface area contributed by atoms with Crippen molar-refractivity contribution in [1.82, 2.24) is 24.2 Å². The molecular formula is C25H39N7O6P-. The molecule has 2 unspecified atom stereocenters. The lowest BCUT2D eigenvalue weighted by Crippen LogP contribution is -2.39. The number of aromatic nitrogens is 4. The Balaban J connectivity index is 1.83. The number of carbonyl (C=O) groups excluding carboxylic acids is 1. The number of amides is 1. The summed E-state index contributed by atoms with van der Waals surface area (Å²) >= 11 is 0. The van der Waals surface area contributed by atoms with Crippen LogP contribution in [0.3, 0.4) is 0 Å². The minimum Gasteiger partial charge on any atom is -0.854 e. The molecule has 39 heavy (non-hydrogen) atoms. The van der Waals surface area contributed by atoms with Crippen molar-refractivity contribution in [3.8, 4) is 6.07 Å². The van der Waals surface area contributed by atoms with Gasteiger partial charge in [0.05, 0.1) is 37.6 Å². The zero-order chi connectivity index (χ0) is 28.7. The molecule has 216 valence electrons. The second-order valence-electron chi connectivity index (χ2n) is 10.5. The summed E-state index contributed by atoms with van der Waals surface area (Å²) in [6, 6.07) is 2.36. The van der Waals surface area contributed by atoms with E-state index in [1.165, 1.54) is 6.33 Å². The molecule has 2 aromatic rings. The first-order chi connectivity index (χ1) is 18.5. The predicted molar refractivity (Wildman–Crippen MR) is 144 cm³/mol. The summed E-state index contributed by atoms with van der Waals surface area (Å²) in [5.41, 5.74) is -0.947. The molecule has 3 rings (SSSR count). The van der Waals surface area contributed by atoms with Crippen LogP contribution in [-0.2, 0) is 18.6 Å². The number of hydrogen-bond donors (Lipinski definition) is 2. The Kier molecular flexibility index (Phi) is 11.0. The number of ether oxygens (including phenoxy) is 1. The summed E-state index contributed by atoms with van der Waals surface area (Å²) in [6.07, 6.45) is 2.51. The molecule has 2 N–H and O–H groups in total. The van der Waals surface area contributed by atoms with E-state index in [4.69, 9.17) is 19.0 Å². The van der Waals surface area contributed by atoms with Crippen LogP contribution >= 0.6 is 8.53 Å². The van der Waals surface area contributed by atoms with E-state index in [9.17, 15) is 14.7 Å². The van der Waals surface area contributed by atoms with Crippen LogP contribution in [0.5, 0.6) is 0 Å². The number of nitriles is 1. The van der Waals surface area contributed by atoms with Crippen molar-refractivity contribution in [1.29, 1.82) is 5.26 Å². The van der Waals surface area contributed by atoms with E-state index in [-0.39, 0.29) is 73.7 Å². The molecule has 0 radical (unpaired) electrons. The smallest absolute Gasteiger partial charge is 0.280 e. The zero-order valence-electron chi connectivity index (χ0n) is 23.5. The molecule has 1 amide bonds. The Bertz CT molecular complexity index is 1200. The lowest BCUT2D eigenvalue weighted by molar-refractivity contribution is -0.375. The van der Waals surface area contributed by atoms with Gasteiger partial charge in [0.2, 0.25) is 11.9 Å². The molecule has 1 aliphatic heterocycles. The fraction of sp³-hybridized carbons (Fsp3) is 0.720. The minimum absolute atomic E-state index is 0.0303. The van der Waals surface area contributed by atoms with Crippen molar-refractivity contribution in [3.05, 3.63) is 16.7 Å². The fourth-order valence-corrected chi connectivity index (χ4v) is 6.17. The van der Waals surface area contributed by atoms with Crippen molar-refractivity contribution in [2.45, 2.75) is 91.1 Å². The van der Waals surface area contributed by atoms with E-state index in [1.54, 1.807) is 18.4 Å². The molecule has 13 nitrogen and oxygen atoms in total. The Morgan fingerprint density at radius 1 is 1.36 bits per heavy atom. The fourth-order valence-electron chi connectivity index (χ4n) is 4.48. The van der Waals surface area contributed by atoms with Gasteiger partial charge in [-0.2, -0.15) is 10.2 Å². The number of nitrogens with zero attached hydrogens (tertiary/aromatic N) is 5. The molecule has 3 heterocycles. The van der Waals surface area contributed by atoms with Gasteiger partial charge in [0, 0.05) is 18.0 Å². The second-order valence-corrected chi connectivity index (χ2v) is 11.9. The largest absolute Gasteiger partial charge is 0.854 e. The van der Waals surface area contributed by atoms with Crippen LogP contribution in [0.15, 0.2) is 11.1 Å². The van der Waals surface area contributed by atoms with Gasteiger partial charge in [-0.1, -0.05) is 13.8 Å². The molecule has 1 aliphatic rings. The van der Waals surface area contributed by atoms with E-state index in [1.807, 2.05) is 0 Å². The van der Waals surface area contributed by atoms with Crippen molar-refractivity contribution in [3.63, 3.8) is 0 Å². The van der Waals surface area contributed by atoms with Crippen molar-refractivity contribution in [2.24, 2.45) is 5.92 Å². The summed E-state index contributed by atoms with van der Waals surface area (Å²) in [5, 5.41) is 23.4. The molecular weight excluding hydrogens is 525 g/mol. The van der Waals surface area contributed by atoms with Gasteiger partial charge in [0.15, 0.2) is 11.2 Å². The molecule has 0 spiro atoms. The van der Waals surface area contributed by atoms with Crippen molar-refractivity contribution >= 4 is 31.5 Å². The molecule has 0 bridgehead atoms. The number of hydrogen-bond acceptors (Lipinski definition) is 10. The third-order valence-electron chi connectivity index (χ3n) is 6.40. The first kappa shape index (κ1) is 31.1. The van der Waals surface area contributed by atoms with E-state index in [2.05, 4.69) is 58.7 Å². The first-order valence-corrected chi connectivity index (χ1v) is 14.4. The zero-order valence-corrected chi connectivity index (χ0v) is 24.4. The summed E-state index contributed by atoms with van der Waals surface area (Å²) < 4.78 is 22.6. The highest BCUT2D eigenvalue weighted by Crippen LogP contribution is 2.49. The monoisotopic (exact) mass is 564 g/mol.